The first-order valence-corrected chi connectivity index (χ1v) is 9.08. The number of amides is 3. The van der Waals surface area contributed by atoms with Crippen LogP contribution in [0.3, 0.4) is 0 Å². The van der Waals surface area contributed by atoms with Crippen LogP contribution in [0.25, 0.3) is 0 Å². The summed E-state index contributed by atoms with van der Waals surface area (Å²) in [6.07, 6.45) is 8.41. The summed E-state index contributed by atoms with van der Waals surface area (Å²) in [7, 11) is 0. The Morgan fingerprint density at radius 3 is 2.71 bits per heavy atom. The average molecular weight is 327 g/mol. The molecule has 2 heterocycles. The van der Waals surface area contributed by atoms with Gasteiger partial charge in [-0.05, 0) is 49.3 Å². The van der Waals surface area contributed by atoms with E-state index in [0.717, 1.165) is 12.0 Å². The summed E-state index contributed by atoms with van der Waals surface area (Å²) in [6, 6.07) is 9.62. The van der Waals surface area contributed by atoms with E-state index in [4.69, 9.17) is 0 Å². The Morgan fingerprint density at radius 2 is 1.96 bits per heavy atom. The number of hydrogen-bond acceptors (Lipinski definition) is 3. The van der Waals surface area contributed by atoms with Gasteiger partial charge in [0, 0.05) is 11.5 Å². The molecule has 0 radical (unpaired) electrons. The number of carbonyl (C=O) groups is 2. The van der Waals surface area contributed by atoms with E-state index < -0.39 is 6.03 Å². The van der Waals surface area contributed by atoms with Crippen LogP contribution in [-0.2, 0) is 16.6 Å². The summed E-state index contributed by atoms with van der Waals surface area (Å²) in [5, 5.41) is 8.08. The average Bonchev–Trinajstić information content (AvgIpc) is 2.98. The van der Waals surface area contributed by atoms with Crippen molar-refractivity contribution in [3.8, 4) is 0 Å². The Bertz CT molecular complexity index is 642. The summed E-state index contributed by atoms with van der Waals surface area (Å²) < 4.78 is 0. The van der Waals surface area contributed by atoms with E-state index in [1.54, 1.807) is 11.1 Å². The summed E-state index contributed by atoms with van der Waals surface area (Å²) in [4.78, 5) is 20.1. The van der Waals surface area contributed by atoms with Gasteiger partial charge in [-0.15, -0.1) is 0 Å². The van der Waals surface area contributed by atoms with E-state index >= 15 is 0 Å². The van der Waals surface area contributed by atoms with Gasteiger partial charge in [0.1, 0.15) is 0 Å². The third kappa shape index (κ3) is 2.61. The van der Waals surface area contributed by atoms with Gasteiger partial charge < -0.3 is 10.6 Å². The van der Waals surface area contributed by atoms with Gasteiger partial charge >= 0.3 is 6.03 Å². The normalized spacial score (nSPS) is 33.3. The highest BCUT2D eigenvalue weighted by molar-refractivity contribution is 6.01. The van der Waals surface area contributed by atoms with Crippen LogP contribution in [0.15, 0.2) is 24.3 Å². The Hall–Kier alpha value is -1.88. The van der Waals surface area contributed by atoms with Gasteiger partial charge in [0.05, 0.1) is 6.54 Å². The SMILES string of the molecule is O=C1CNC(=O)N1.c1ccc2c(c1)C[C@H]1NCC[C@@]23CCCC[C@@H]13. The van der Waals surface area contributed by atoms with Gasteiger partial charge in [0.2, 0.25) is 5.91 Å². The zero-order valence-corrected chi connectivity index (χ0v) is 13.9. The first kappa shape index (κ1) is 15.6. The van der Waals surface area contributed by atoms with E-state index in [-0.39, 0.29) is 12.5 Å². The highest BCUT2D eigenvalue weighted by Crippen LogP contribution is 2.53. The number of piperidine rings is 1. The van der Waals surface area contributed by atoms with Crippen LogP contribution in [0, 0.1) is 5.92 Å². The lowest BCUT2D eigenvalue weighted by Crippen LogP contribution is -2.59. The predicted molar refractivity (Wildman–Crippen MR) is 91.7 cm³/mol. The Balaban J connectivity index is 0.000000177. The maximum Gasteiger partial charge on any atom is 0.321 e. The molecule has 128 valence electrons. The zero-order chi connectivity index (χ0) is 16.6. The third-order valence-electron chi connectivity index (χ3n) is 6.22. The number of fused-ring (bicyclic) bond motifs is 1. The van der Waals surface area contributed by atoms with E-state index in [9.17, 15) is 9.59 Å². The van der Waals surface area contributed by atoms with Crippen LogP contribution in [0.2, 0.25) is 0 Å². The molecule has 2 bridgehead atoms. The number of nitrogens with one attached hydrogen (secondary N) is 3. The molecular weight excluding hydrogens is 302 g/mol. The first-order valence-electron chi connectivity index (χ1n) is 9.08. The van der Waals surface area contributed by atoms with Crippen molar-refractivity contribution in [3.63, 3.8) is 0 Å². The lowest BCUT2D eigenvalue weighted by atomic mass is 9.53. The topological polar surface area (TPSA) is 70.2 Å². The Kier molecular flexibility index (Phi) is 4.04. The Labute approximate surface area is 142 Å². The van der Waals surface area contributed by atoms with E-state index in [0.29, 0.717) is 5.41 Å². The van der Waals surface area contributed by atoms with Gasteiger partial charge in [-0.1, -0.05) is 37.1 Å². The molecule has 1 aromatic carbocycles. The second-order valence-electron chi connectivity index (χ2n) is 7.41. The highest BCUT2D eigenvalue weighted by Gasteiger charge is 2.51. The number of hydrogen-bond donors (Lipinski definition) is 3. The molecule has 2 saturated heterocycles. The van der Waals surface area contributed by atoms with Crippen molar-refractivity contribution < 1.29 is 9.59 Å². The fourth-order valence-corrected chi connectivity index (χ4v) is 5.27. The van der Waals surface area contributed by atoms with Crippen molar-refractivity contribution in [2.45, 2.75) is 50.0 Å². The van der Waals surface area contributed by atoms with Gasteiger partial charge in [0.25, 0.3) is 0 Å². The molecule has 1 aromatic rings. The molecule has 24 heavy (non-hydrogen) atoms. The third-order valence-corrected chi connectivity index (χ3v) is 6.22. The molecule has 3 atom stereocenters. The monoisotopic (exact) mass is 327 g/mol. The van der Waals surface area contributed by atoms with Crippen LogP contribution in [0.5, 0.6) is 0 Å². The molecule has 3 N–H and O–H groups in total. The van der Waals surface area contributed by atoms with Crippen LogP contribution >= 0.6 is 0 Å². The van der Waals surface area contributed by atoms with Crippen molar-refractivity contribution in [1.29, 1.82) is 0 Å². The van der Waals surface area contributed by atoms with Crippen molar-refractivity contribution in [2.24, 2.45) is 5.92 Å². The number of carbonyl (C=O) groups excluding carboxylic acids is 2. The van der Waals surface area contributed by atoms with Crippen LogP contribution in [0.1, 0.15) is 43.2 Å². The van der Waals surface area contributed by atoms with E-state index in [1.807, 2.05) is 5.32 Å². The quantitative estimate of drug-likeness (QED) is 0.637. The van der Waals surface area contributed by atoms with Gasteiger partial charge in [-0.25, -0.2) is 4.79 Å². The first-order chi connectivity index (χ1) is 11.7. The maximum atomic E-state index is 10.1. The van der Waals surface area contributed by atoms with E-state index in [1.165, 1.54) is 45.1 Å². The molecule has 3 amide bonds. The lowest BCUT2D eigenvalue weighted by Gasteiger charge is -2.56. The molecule has 4 aliphatic rings. The minimum atomic E-state index is -0.398. The molecule has 2 aliphatic heterocycles. The predicted octanol–water partition coefficient (Wildman–Crippen LogP) is 1.86. The van der Waals surface area contributed by atoms with Crippen LogP contribution < -0.4 is 16.0 Å². The summed E-state index contributed by atoms with van der Waals surface area (Å²) in [5.41, 5.74) is 3.88. The van der Waals surface area contributed by atoms with Crippen molar-refractivity contribution in [3.05, 3.63) is 35.4 Å². The summed E-state index contributed by atoms with van der Waals surface area (Å²) >= 11 is 0. The number of rotatable bonds is 0. The fraction of sp³-hybridized carbons (Fsp3) is 0.579. The number of imide groups is 1. The van der Waals surface area contributed by atoms with Crippen molar-refractivity contribution in [2.75, 3.05) is 13.1 Å². The minimum absolute atomic E-state index is 0.124. The maximum absolute atomic E-state index is 10.1. The van der Waals surface area contributed by atoms with Gasteiger partial charge in [-0.2, -0.15) is 0 Å². The zero-order valence-electron chi connectivity index (χ0n) is 13.9. The molecule has 5 heteroatoms. The number of benzene rings is 1. The second kappa shape index (κ2) is 6.20. The summed E-state index contributed by atoms with van der Waals surface area (Å²) in [6.45, 7) is 1.36. The summed E-state index contributed by atoms with van der Waals surface area (Å²) in [5.74, 6) is 0.657. The Morgan fingerprint density at radius 1 is 1.08 bits per heavy atom. The molecule has 1 saturated carbocycles. The number of urea groups is 1. The largest absolute Gasteiger partial charge is 0.329 e. The highest BCUT2D eigenvalue weighted by atomic mass is 16.2. The lowest BCUT2D eigenvalue weighted by molar-refractivity contribution is -0.117. The van der Waals surface area contributed by atoms with Crippen LogP contribution in [-0.4, -0.2) is 31.1 Å². The molecule has 0 aromatic heterocycles. The molecule has 5 nitrogen and oxygen atoms in total. The molecule has 0 spiro atoms. The van der Waals surface area contributed by atoms with E-state index in [2.05, 4.69) is 34.9 Å². The van der Waals surface area contributed by atoms with Crippen molar-refractivity contribution in [1.82, 2.24) is 16.0 Å². The van der Waals surface area contributed by atoms with Gasteiger partial charge in [-0.3, -0.25) is 10.1 Å². The molecule has 2 aliphatic carbocycles. The van der Waals surface area contributed by atoms with Gasteiger partial charge in [0.15, 0.2) is 0 Å². The van der Waals surface area contributed by atoms with Crippen LogP contribution in [0.4, 0.5) is 4.79 Å². The standard InChI is InChI=1S/C16H21N.C3H4N2O2/c1-2-6-13-12(5-1)11-15-14-7-3-4-8-16(13,14)9-10-17-15;6-2-1-4-3(7)5-2/h1-2,5-6,14-15,17H,3-4,7-11H2;1H2,(H2,4,5,6,7)/t14-,15+,16-;/m0./s1. The fourth-order valence-electron chi connectivity index (χ4n) is 5.27. The molecule has 3 fully saturated rings. The second-order valence-corrected chi connectivity index (χ2v) is 7.41. The molecule has 5 rings (SSSR count). The smallest absolute Gasteiger partial charge is 0.321 e. The molecule has 0 unspecified atom stereocenters. The van der Waals surface area contributed by atoms with Crippen molar-refractivity contribution >= 4 is 11.9 Å². The molecular formula is C19H25N3O2. The minimum Gasteiger partial charge on any atom is -0.329 e.